The third-order valence-electron chi connectivity index (χ3n) is 4.10. The molecule has 0 aromatic heterocycles. The van der Waals surface area contributed by atoms with Gasteiger partial charge in [-0.05, 0) is 18.8 Å². The molecule has 5 nitrogen and oxygen atoms in total. The van der Waals surface area contributed by atoms with Gasteiger partial charge in [0.25, 0.3) is 0 Å². The number of ether oxygens (including phenoxy) is 1. The molecule has 1 aliphatic carbocycles. The Balaban J connectivity index is 1.46. The zero-order chi connectivity index (χ0) is 13.3. The van der Waals surface area contributed by atoms with Gasteiger partial charge in [-0.1, -0.05) is 19.3 Å². The molecule has 5 heteroatoms. The molecule has 0 aromatic carbocycles. The van der Waals surface area contributed by atoms with Crippen LogP contribution in [0.3, 0.4) is 0 Å². The van der Waals surface area contributed by atoms with Crippen molar-refractivity contribution in [1.82, 2.24) is 10.2 Å². The monoisotopic (exact) mass is 268 g/mol. The number of morpholine rings is 1. The molecule has 0 atom stereocenters. The van der Waals surface area contributed by atoms with Crippen LogP contribution in [0.15, 0.2) is 4.99 Å². The fourth-order valence-electron chi connectivity index (χ4n) is 2.56. The standard InChI is InChI=1S/C14H28N4O/c15-14(17-7-5-13-3-1-4-13)16-6-2-8-18-9-11-19-12-10-18/h13H,1-12H2,(H3,15,16,17). The normalized spacial score (nSPS) is 22.2. The highest BCUT2D eigenvalue weighted by Gasteiger charge is 2.16. The van der Waals surface area contributed by atoms with E-state index in [1.807, 2.05) is 0 Å². The van der Waals surface area contributed by atoms with Gasteiger partial charge in [0.2, 0.25) is 0 Å². The van der Waals surface area contributed by atoms with Gasteiger partial charge in [-0.25, -0.2) is 0 Å². The summed E-state index contributed by atoms with van der Waals surface area (Å²) >= 11 is 0. The maximum absolute atomic E-state index is 5.84. The molecule has 110 valence electrons. The summed E-state index contributed by atoms with van der Waals surface area (Å²) in [5.41, 5.74) is 5.84. The Labute approximate surface area is 116 Å². The van der Waals surface area contributed by atoms with Gasteiger partial charge < -0.3 is 15.8 Å². The van der Waals surface area contributed by atoms with Crippen LogP contribution in [-0.2, 0) is 4.74 Å². The van der Waals surface area contributed by atoms with Crippen LogP contribution in [0.4, 0.5) is 0 Å². The third-order valence-corrected chi connectivity index (χ3v) is 4.10. The number of rotatable bonds is 7. The van der Waals surface area contributed by atoms with Gasteiger partial charge in [-0.15, -0.1) is 0 Å². The van der Waals surface area contributed by atoms with Gasteiger partial charge in [-0.2, -0.15) is 0 Å². The SMILES string of the molecule is NC(=NCCCN1CCOCC1)NCCC1CCC1. The first-order chi connectivity index (χ1) is 9.34. The van der Waals surface area contributed by atoms with Gasteiger partial charge in [0.1, 0.15) is 0 Å². The fraction of sp³-hybridized carbons (Fsp3) is 0.929. The van der Waals surface area contributed by atoms with E-state index in [0.717, 1.165) is 58.3 Å². The molecule has 1 saturated heterocycles. The van der Waals surface area contributed by atoms with Crippen LogP contribution < -0.4 is 11.1 Å². The minimum absolute atomic E-state index is 0.612. The second kappa shape index (κ2) is 8.38. The van der Waals surface area contributed by atoms with E-state index in [9.17, 15) is 0 Å². The number of nitrogens with one attached hydrogen (secondary N) is 1. The van der Waals surface area contributed by atoms with E-state index in [0.29, 0.717) is 5.96 Å². The van der Waals surface area contributed by atoms with Gasteiger partial charge in [0, 0.05) is 32.7 Å². The molecule has 19 heavy (non-hydrogen) atoms. The highest BCUT2D eigenvalue weighted by Crippen LogP contribution is 2.28. The van der Waals surface area contributed by atoms with Crippen LogP contribution in [0.25, 0.3) is 0 Å². The Hall–Kier alpha value is -0.810. The number of aliphatic imine (C=N–C) groups is 1. The molecule has 1 aliphatic heterocycles. The lowest BCUT2D eigenvalue weighted by Gasteiger charge is -2.26. The van der Waals surface area contributed by atoms with Crippen LogP contribution in [0.5, 0.6) is 0 Å². The van der Waals surface area contributed by atoms with Crippen molar-refractivity contribution in [2.75, 3.05) is 45.9 Å². The van der Waals surface area contributed by atoms with Crippen molar-refractivity contribution in [2.45, 2.75) is 32.1 Å². The Morgan fingerprint density at radius 1 is 1.32 bits per heavy atom. The molecule has 1 saturated carbocycles. The van der Waals surface area contributed by atoms with Gasteiger partial charge in [0.05, 0.1) is 13.2 Å². The molecule has 0 aromatic rings. The quantitative estimate of drug-likeness (QED) is 0.407. The minimum Gasteiger partial charge on any atom is -0.379 e. The lowest BCUT2D eigenvalue weighted by Crippen LogP contribution is -2.37. The van der Waals surface area contributed by atoms with Crippen LogP contribution in [-0.4, -0.2) is 56.8 Å². The Bertz CT molecular complexity index is 273. The van der Waals surface area contributed by atoms with Gasteiger partial charge in [0.15, 0.2) is 5.96 Å². The number of nitrogens with zero attached hydrogens (tertiary/aromatic N) is 2. The summed E-state index contributed by atoms with van der Waals surface area (Å²) in [7, 11) is 0. The lowest BCUT2D eigenvalue weighted by atomic mass is 9.83. The molecule has 0 bridgehead atoms. The first-order valence-electron chi connectivity index (χ1n) is 7.68. The molecule has 0 unspecified atom stereocenters. The molecule has 1 heterocycles. The van der Waals surface area contributed by atoms with Crippen LogP contribution in [0, 0.1) is 5.92 Å². The van der Waals surface area contributed by atoms with E-state index in [1.54, 1.807) is 0 Å². The number of nitrogens with two attached hydrogens (primary N) is 1. The summed E-state index contributed by atoms with van der Waals surface area (Å²) in [5.74, 6) is 1.54. The smallest absolute Gasteiger partial charge is 0.188 e. The summed E-state index contributed by atoms with van der Waals surface area (Å²) in [6.07, 6.45) is 6.53. The second-order valence-corrected chi connectivity index (χ2v) is 5.59. The van der Waals surface area contributed by atoms with Crippen molar-refractivity contribution in [3.63, 3.8) is 0 Å². The average molecular weight is 268 g/mol. The first-order valence-corrected chi connectivity index (χ1v) is 7.68. The molecule has 2 aliphatic rings. The zero-order valence-corrected chi connectivity index (χ0v) is 11.9. The van der Waals surface area contributed by atoms with Gasteiger partial charge in [-0.3, -0.25) is 9.89 Å². The Morgan fingerprint density at radius 2 is 2.11 bits per heavy atom. The summed E-state index contributed by atoms with van der Waals surface area (Å²) in [4.78, 5) is 6.80. The summed E-state index contributed by atoms with van der Waals surface area (Å²) < 4.78 is 5.32. The fourth-order valence-corrected chi connectivity index (χ4v) is 2.56. The van der Waals surface area contributed by atoms with Crippen molar-refractivity contribution >= 4 is 5.96 Å². The highest BCUT2D eigenvalue weighted by molar-refractivity contribution is 5.77. The number of hydrogen-bond acceptors (Lipinski definition) is 3. The van der Waals surface area contributed by atoms with Crippen LogP contribution >= 0.6 is 0 Å². The van der Waals surface area contributed by atoms with E-state index in [2.05, 4.69) is 15.2 Å². The third kappa shape index (κ3) is 5.78. The maximum atomic E-state index is 5.84. The maximum Gasteiger partial charge on any atom is 0.188 e. The Morgan fingerprint density at radius 3 is 2.79 bits per heavy atom. The predicted octanol–water partition coefficient (Wildman–Crippen LogP) is 0.803. The summed E-state index contributed by atoms with van der Waals surface area (Å²) in [6.45, 7) is 6.74. The Kier molecular flexibility index (Phi) is 6.44. The van der Waals surface area contributed by atoms with E-state index in [1.165, 1.54) is 25.7 Å². The topological polar surface area (TPSA) is 62.9 Å². The molecule has 2 fully saturated rings. The van der Waals surface area contributed by atoms with E-state index in [-0.39, 0.29) is 0 Å². The predicted molar refractivity (Wildman–Crippen MR) is 78.3 cm³/mol. The van der Waals surface area contributed by atoms with Crippen molar-refractivity contribution in [3.8, 4) is 0 Å². The van der Waals surface area contributed by atoms with Gasteiger partial charge >= 0.3 is 0 Å². The van der Waals surface area contributed by atoms with Crippen LogP contribution in [0.1, 0.15) is 32.1 Å². The number of guanidine groups is 1. The average Bonchev–Trinajstić information content (AvgIpc) is 2.39. The molecule has 0 amide bonds. The van der Waals surface area contributed by atoms with E-state index >= 15 is 0 Å². The molecule has 3 N–H and O–H groups in total. The molecular weight excluding hydrogens is 240 g/mol. The zero-order valence-electron chi connectivity index (χ0n) is 11.9. The largest absolute Gasteiger partial charge is 0.379 e. The van der Waals surface area contributed by atoms with Crippen LogP contribution in [0.2, 0.25) is 0 Å². The van der Waals surface area contributed by atoms with Crippen molar-refractivity contribution in [1.29, 1.82) is 0 Å². The van der Waals surface area contributed by atoms with Crippen molar-refractivity contribution in [2.24, 2.45) is 16.6 Å². The summed E-state index contributed by atoms with van der Waals surface area (Å²) in [5, 5.41) is 3.21. The summed E-state index contributed by atoms with van der Waals surface area (Å²) in [6, 6.07) is 0. The highest BCUT2D eigenvalue weighted by atomic mass is 16.5. The van der Waals surface area contributed by atoms with E-state index < -0.39 is 0 Å². The molecule has 0 spiro atoms. The lowest BCUT2D eigenvalue weighted by molar-refractivity contribution is 0.0377. The second-order valence-electron chi connectivity index (χ2n) is 5.59. The van der Waals surface area contributed by atoms with Crippen molar-refractivity contribution < 1.29 is 4.74 Å². The minimum atomic E-state index is 0.612. The first kappa shape index (κ1) is 14.6. The van der Waals surface area contributed by atoms with E-state index in [4.69, 9.17) is 10.5 Å². The molecule has 2 rings (SSSR count). The molecular formula is C14H28N4O. The molecule has 0 radical (unpaired) electrons. The number of hydrogen-bond donors (Lipinski definition) is 2. The van der Waals surface area contributed by atoms with Crippen molar-refractivity contribution in [3.05, 3.63) is 0 Å².